The molecule has 0 unspecified atom stereocenters. The summed E-state index contributed by atoms with van der Waals surface area (Å²) in [6, 6.07) is 2.01. The van der Waals surface area contributed by atoms with E-state index in [-0.39, 0.29) is 19.3 Å². The van der Waals surface area contributed by atoms with Gasteiger partial charge in [-0.25, -0.2) is 4.98 Å². The van der Waals surface area contributed by atoms with Gasteiger partial charge in [0.1, 0.15) is 5.82 Å². The van der Waals surface area contributed by atoms with E-state index in [1.54, 1.807) is 0 Å². The van der Waals surface area contributed by atoms with Crippen LogP contribution in [0.4, 0.5) is 5.82 Å². The van der Waals surface area contributed by atoms with Gasteiger partial charge in [0, 0.05) is 24.3 Å². The Morgan fingerprint density at radius 2 is 2.00 bits per heavy atom. The summed E-state index contributed by atoms with van der Waals surface area (Å²) < 4.78 is 5.57. The number of aryl methyl sites for hydroxylation is 2. The molecule has 1 aliphatic rings. The first-order valence-corrected chi connectivity index (χ1v) is 7.21. The van der Waals surface area contributed by atoms with E-state index in [9.17, 15) is 5.11 Å². The number of pyridine rings is 1. The summed E-state index contributed by atoms with van der Waals surface area (Å²) in [5, 5.41) is 18.4. The van der Waals surface area contributed by atoms with Gasteiger partial charge in [-0.1, -0.05) is 0 Å². The Kier molecular flexibility index (Phi) is 5.34. The maximum atomic E-state index is 9.57. The second-order valence-electron chi connectivity index (χ2n) is 5.32. The van der Waals surface area contributed by atoms with Gasteiger partial charge in [-0.2, -0.15) is 0 Å². The Morgan fingerprint density at radius 3 is 2.60 bits per heavy atom. The maximum absolute atomic E-state index is 9.57. The van der Waals surface area contributed by atoms with Crippen molar-refractivity contribution in [3.05, 3.63) is 22.9 Å². The Balaban J connectivity index is 2.06. The normalized spacial score (nSPS) is 16.7. The van der Waals surface area contributed by atoms with E-state index in [1.165, 1.54) is 0 Å². The number of hydrogen-bond donors (Lipinski definition) is 2. The van der Waals surface area contributed by atoms with Crippen molar-refractivity contribution in [1.29, 1.82) is 0 Å². The van der Waals surface area contributed by atoms with Gasteiger partial charge in [0.05, 0.1) is 25.9 Å². The Hall–Kier alpha value is -1.17. The van der Waals surface area contributed by atoms with Gasteiger partial charge in [-0.15, -0.1) is 0 Å². The second-order valence-corrected chi connectivity index (χ2v) is 5.32. The molecule has 0 amide bonds. The topological polar surface area (TPSA) is 65.8 Å². The minimum atomic E-state index is 0.0232. The van der Waals surface area contributed by atoms with Crippen LogP contribution < -0.4 is 4.90 Å². The monoisotopic (exact) mass is 280 g/mol. The van der Waals surface area contributed by atoms with E-state index in [2.05, 4.69) is 9.88 Å². The minimum absolute atomic E-state index is 0.0232. The Morgan fingerprint density at radius 1 is 1.30 bits per heavy atom. The van der Waals surface area contributed by atoms with E-state index < -0.39 is 0 Å². The van der Waals surface area contributed by atoms with Crippen LogP contribution in [0.5, 0.6) is 0 Å². The summed E-state index contributed by atoms with van der Waals surface area (Å²) in [7, 11) is 0. The first-order chi connectivity index (χ1) is 9.65. The highest BCUT2D eigenvalue weighted by atomic mass is 16.5. The molecule has 1 aromatic heterocycles. The first kappa shape index (κ1) is 15.2. The second kappa shape index (κ2) is 7.02. The van der Waals surface area contributed by atoms with Crippen LogP contribution in [0.25, 0.3) is 0 Å². The number of hydrogen-bond acceptors (Lipinski definition) is 5. The molecule has 112 valence electrons. The number of anilines is 1. The lowest BCUT2D eigenvalue weighted by molar-refractivity contribution is 0.0158. The molecule has 1 saturated heterocycles. The minimum Gasteiger partial charge on any atom is -0.394 e. The van der Waals surface area contributed by atoms with Gasteiger partial charge in [0.15, 0.2) is 0 Å². The fourth-order valence-electron chi connectivity index (χ4n) is 2.75. The molecule has 0 spiro atoms. The number of rotatable bonds is 5. The average molecular weight is 280 g/mol. The lowest BCUT2D eigenvalue weighted by atomic mass is 10.0. The molecule has 2 rings (SSSR count). The third-order valence-electron chi connectivity index (χ3n) is 3.80. The van der Waals surface area contributed by atoms with Crippen molar-refractivity contribution in [1.82, 2.24) is 4.98 Å². The number of aliphatic hydroxyl groups excluding tert-OH is 2. The van der Waals surface area contributed by atoms with Crippen LogP contribution in [0.1, 0.15) is 29.7 Å². The van der Waals surface area contributed by atoms with Crippen molar-refractivity contribution in [2.45, 2.75) is 39.4 Å². The number of aliphatic hydroxyl groups is 2. The average Bonchev–Trinajstić information content (AvgIpc) is 2.45. The predicted octanol–water partition coefficient (Wildman–Crippen LogP) is 1.17. The summed E-state index contributed by atoms with van der Waals surface area (Å²) in [4.78, 5) is 6.83. The van der Waals surface area contributed by atoms with Gasteiger partial charge in [0.2, 0.25) is 0 Å². The standard InChI is InChI=1S/C15H24N2O3/c1-11-9-12(2)16-15(14(11)10-19)17-5-3-13(4-6-17)20-8-7-18/h9,13,18-19H,3-8,10H2,1-2H3. The summed E-state index contributed by atoms with van der Waals surface area (Å²) in [6.07, 6.45) is 2.08. The van der Waals surface area contributed by atoms with Crippen molar-refractivity contribution < 1.29 is 14.9 Å². The van der Waals surface area contributed by atoms with E-state index in [4.69, 9.17) is 9.84 Å². The van der Waals surface area contributed by atoms with E-state index in [0.717, 1.165) is 48.6 Å². The van der Waals surface area contributed by atoms with Crippen molar-refractivity contribution in [2.75, 3.05) is 31.2 Å². The predicted molar refractivity (Wildman–Crippen MR) is 77.9 cm³/mol. The van der Waals surface area contributed by atoms with Crippen LogP contribution in [0, 0.1) is 13.8 Å². The SMILES string of the molecule is Cc1cc(C)c(CO)c(N2CCC(OCCO)CC2)n1. The number of ether oxygens (including phenoxy) is 1. The van der Waals surface area contributed by atoms with Crippen LogP contribution in [-0.2, 0) is 11.3 Å². The molecular formula is C15H24N2O3. The molecule has 0 aliphatic carbocycles. The summed E-state index contributed by atoms with van der Waals surface area (Å²) in [5.74, 6) is 0.908. The van der Waals surface area contributed by atoms with Crippen LogP contribution in [-0.4, -0.2) is 47.6 Å². The van der Waals surface area contributed by atoms with E-state index in [0.29, 0.717) is 6.61 Å². The fourth-order valence-corrected chi connectivity index (χ4v) is 2.75. The molecule has 5 nitrogen and oxygen atoms in total. The lowest BCUT2D eigenvalue weighted by Gasteiger charge is -2.34. The highest BCUT2D eigenvalue weighted by Gasteiger charge is 2.23. The van der Waals surface area contributed by atoms with Crippen LogP contribution in [0.15, 0.2) is 6.07 Å². The quantitative estimate of drug-likeness (QED) is 0.847. The van der Waals surface area contributed by atoms with Gasteiger partial charge in [-0.05, 0) is 38.3 Å². The van der Waals surface area contributed by atoms with Crippen LogP contribution in [0.2, 0.25) is 0 Å². The molecule has 5 heteroatoms. The third-order valence-corrected chi connectivity index (χ3v) is 3.80. The largest absolute Gasteiger partial charge is 0.394 e. The van der Waals surface area contributed by atoms with E-state index in [1.807, 2.05) is 19.9 Å². The molecule has 1 aromatic rings. The number of nitrogens with zero attached hydrogens (tertiary/aromatic N) is 2. The Labute approximate surface area is 120 Å². The first-order valence-electron chi connectivity index (χ1n) is 7.21. The molecule has 1 aliphatic heterocycles. The summed E-state index contributed by atoms with van der Waals surface area (Å²) >= 11 is 0. The van der Waals surface area contributed by atoms with E-state index >= 15 is 0 Å². The van der Waals surface area contributed by atoms with Crippen molar-refractivity contribution >= 4 is 5.82 Å². The molecule has 2 N–H and O–H groups in total. The molecular weight excluding hydrogens is 256 g/mol. The molecule has 0 radical (unpaired) electrons. The van der Waals surface area contributed by atoms with Gasteiger partial charge >= 0.3 is 0 Å². The molecule has 20 heavy (non-hydrogen) atoms. The van der Waals surface area contributed by atoms with Crippen molar-refractivity contribution in [3.63, 3.8) is 0 Å². The summed E-state index contributed by atoms with van der Waals surface area (Å²) in [5.41, 5.74) is 2.99. The van der Waals surface area contributed by atoms with Crippen molar-refractivity contribution in [2.24, 2.45) is 0 Å². The Bertz CT molecular complexity index is 443. The van der Waals surface area contributed by atoms with Gasteiger partial charge in [-0.3, -0.25) is 0 Å². The van der Waals surface area contributed by atoms with Gasteiger partial charge in [0.25, 0.3) is 0 Å². The fraction of sp³-hybridized carbons (Fsp3) is 0.667. The number of aromatic nitrogens is 1. The molecule has 0 atom stereocenters. The maximum Gasteiger partial charge on any atom is 0.134 e. The van der Waals surface area contributed by atoms with Gasteiger partial charge < -0.3 is 19.8 Å². The highest BCUT2D eigenvalue weighted by Crippen LogP contribution is 2.26. The van der Waals surface area contributed by atoms with Crippen LogP contribution in [0.3, 0.4) is 0 Å². The van der Waals surface area contributed by atoms with Crippen LogP contribution >= 0.6 is 0 Å². The zero-order valence-electron chi connectivity index (χ0n) is 12.3. The molecule has 0 aromatic carbocycles. The molecule has 2 heterocycles. The lowest BCUT2D eigenvalue weighted by Crippen LogP contribution is -2.38. The third kappa shape index (κ3) is 3.48. The molecule has 0 bridgehead atoms. The number of piperidine rings is 1. The zero-order chi connectivity index (χ0) is 14.5. The summed E-state index contributed by atoms with van der Waals surface area (Å²) in [6.45, 7) is 6.25. The molecule has 1 fully saturated rings. The van der Waals surface area contributed by atoms with Crippen molar-refractivity contribution in [3.8, 4) is 0 Å². The highest BCUT2D eigenvalue weighted by molar-refractivity contribution is 5.51. The zero-order valence-corrected chi connectivity index (χ0v) is 12.3. The smallest absolute Gasteiger partial charge is 0.134 e. The molecule has 0 saturated carbocycles.